The van der Waals surface area contributed by atoms with E-state index in [1.807, 2.05) is 6.92 Å². The first-order valence-electron chi connectivity index (χ1n) is 6.07. The van der Waals surface area contributed by atoms with Crippen LogP contribution in [0.4, 0.5) is 0 Å². The molecule has 0 aromatic heterocycles. The Balaban J connectivity index is 1.90. The van der Waals surface area contributed by atoms with E-state index in [2.05, 4.69) is 0 Å². The molecular weight excluding hydrogens is 268 g/mol. The number of sulfonamides is 1. The Labute approximate surface area is 112 Å². The molecule has 2 aliphatic rings. The molecule has 0 atom stereocenters. The summed E-state index contributed by atoms with van der Waals surface area (Å²) in [5.74, 6) is 1.06. The summed E-state index contributed by atoms with van der Waals surface area (Å²) in [4.78, 5) is 0.215. The summed E-state index contributed by atoms with van der Waals surface area (Å²) in [6, 6.07) is 4.67. The second kappa shape index (κ2) is 4.09. The molecule has 0 bridgehead atoms. The number of hydrogen-bond acceptors (Lipinski definition) is 5. The van der Waals surface area contributed by atoms with E-state index in [-0.39, 0.29) is 4.90 Å². The average Bonchev–Trinajstić information content (AvgIpc) is 2.35. The Morgan fingerprint density at radius 3 is 2.47 bits per heavy atom. The van der Waals surface area contributed by atoms with Crippen molar-refractivity contribution in [3.8, 4) is 11.5 Å². The fraction of sp³-hybridized carbons (Fsp3) is 0.500. The molecule has 2 heterocycles. The third kappa shape index (κ3) is 2.18. The highest BCUT2D eigenvalue weighted by molar-refractivity contribution is 7.89. The normalized spacial score (nSPS) is 21.8. The van der Waals surface area contributed by atoms with Crippen LogP contribution in [0, 0.1) is 0 Å². The second-order valence-corrected chi connectivity index (χ2v) is 7.17. The van der Waals surface area contributed by atoms with Gasteiger partial charge in [0.2, 0.25) is 10.0 Å². The van der Waals surface area contributed by atoms with Crippen LogP contribution in [0.25, 0.3) is 0 Å². The molecule has 0 unspecified atom stereocenters. The molecule has 0 spiro atoms. The molecule has 2 N–H and O–H groups in total. The van der Waals surface area contributed by atoms with Gasteiger partial charge in [0.05, 0.1) is 4.90 Å². The predicted octanol–water partition coefficient (Wildman–Crippen LogP) is 0.179. The van der Waals surface area contributed by atoms with E-state index >= 15 is 0 Å². The summed E-state index contributed by atoms with van der Waals surface area (Å²) < 4.78 is 36.9. The number of nitrogens with two attached hydrogens (primary N) is 1. The minimum atomic E-state index is -3.49. The summed E-state index contributed by atoms with van der Waals surface area (Å²) >= 11 is 0. The van der Waals surface area contributed by atoms with Crippen molar-refractivity contribution in [2.45, 2.75) is 17.4 Å². The summed E-state index contributed by atoms with van der Waals surface area (Å²) in [6.07, 6.45) is 0. The lowest BCUT2D eigenvalue weighted by molar-refractivity contribution is 0.169. The molecule has 0 saturated carbocycles. The van der Waals surface area contributed by atoms with Crippen molar-refractivity contribution in [3.63, 3.8) is 0 Å². The largest absolute Gasteiger partial charge is 0.486 e. The third-order valence-corrected chi connectivity index (χ3v) is 5.01. The second-order valence-electron chi connectivity index (χ2n) is 5.23. The maximum Gasteiger partial charge on any atom is 0.243 e. The van der Waals surface area contributed by atoms with Crippen molar-refractivity contribution in [1.82, 2.24) is 4.31 Å². The van der Waals surface area contributed by atoms with Crippen molar-refractivity contribution in [2.75, 3.05) is 26.3 Å². The molecule has 7 heteroatoms. The maximum atomic E-state index is 12.4. The summed E-state index contributed by atoms with van der Waals surface area (Å²) in [6.45, 7) is 3.42. The first-order valence-corrected chi connectivity index (χ1v) is 7.51. The van der Waals surface area contributed by atoms with Crippen LogP contribution in [-0.4, -0.2) is 44.6 Å². The van der Waals surface area contributed by atoms with Crippen molar-refractivity contribution in [3.05, 3.63) is 18.2 Å². The maximum absolute atomic E-state index is 12.4. The van der Waals surface area contributed by atoms with Crippen molar-refractivity contribution in [1.29, 1.82) is 0 Å². The fourth-order valence-corrected chi connectivity index (χ4v) is 3.99. The molecular formula is C12H16N2O4S. The van der Waals surface area contributed by atoms with Gasteiger partial charge in [-0.15, -0.1) is 0 Å². The Kier molecular flexibility index (Phi) is 2.74. The van der Waals surface area contributed by atoms with Crippen LogP contribution in [-0.2, 0) is 10.0 Å². The van der Waals surface area contributed by atoms with E-state index in [4.69, 9.17) is 15.2 Å². The van der Waals surface area contributed by atoms with Crippen molar-refractivity contribution in [2.24, 2.45) is 5.73 Å². The molecule has 104 valence electrons. The lowest BCUT2D eigenvalue weighted by Gasteiger charge is -2.44. The third-order valence-electron chi connectivity index (χ3n) is 3.23. The monoisotopic (exact) mass is 284 g/mol. The van der Waals surface area contributed by atoms with Crippen LogP contribution >= 0.6 is 0 Å². The highest BCUT2D eigenvalue weighted by Crippen LogP contribution is 2.34. The number of rotatable bonds is 2. The Bertz CT molecular complexity index is 604. The van der Waals surface area contributed by atoms with Gasteiger partial charge in [-0.2, -0.15) is 4.31 Å². The highest BCUT2D eigenvalue weighted by atomic mass is 32.2. The van der Waals surface area contributed by atoms with Crippen LogP contribution < -0.4 is 15.2 Å². The zero-order valence-corrected chi connectivity index (χ0v) is 11.4. The molecule has 0 radical (unpaired) electrons. The molecule has 1 aromatic carbocycles. The van der Waals surface area contributed by atoms with Gasteiger partial charge < -0.3 is 15.2 Å². The van der Waals surface area contributed by atoms with Gasteiger partial charge in [0.25, 0.3) is 0 Å². The van der Waals surface area contributed by atoms with Crippen LogP contribution in [0.3, 0.4) is 0 Å². The number of ether oxygens (including phenoxy) is 2. The smallest absolute Gasteiger partial charge is 0.243 e. The van der Waals surface area contributed by atoms with E-state index in [0.717, 1.165) is 0 Å². The Hall–Kier alpha value is -1.31. The molecule has 2 aliphatic heterocycles. The topological polar surface area (TPSA) is 81.9 Å². The lowest BCUT2D eigenvalue weighted by Crippen LogP contribution is -2.66. The molecule has 1 aromatic rings. The van der Waals surface area contributed by atoms with Crippen molar-refractivity contribution < 1.29 is 17.9 Å². The van der Waals surface area contributed by atoms with E-state index in [0.29, 0.717) is 37.8 Å². The minimum absolute atomic E-state index is 0.215. The quantitative estimate of drug-likeness (QED) is 0.837. The summed E-state index contributed by atoms with van der Waals surface area (Å²) in [7, 11) is -3.49. The van der Waals surface area contributed by atoms with Crippen LogP contribution in [0.15, 0.2) is 23.1 Å². The average molecular weight is 284 g/mol. The van der Waals surface area contributed by atoms with E-state index < -0.39 is 15.6 Å². The summed E-state index contributed by atoms with van der Waals surface area (Å²) in [5, 5.41) is 0. The fourth-order valence-electron chi connectivity index (χ4n) is 2.26. The van der Waals surface area contributed by atoms with Gasteiger partial charge in [-0.25, -0.2) is 8.42 Å². The molecule has 19 heavy (non-hydrogen) atoms. The van der Waals surface area contributed by atoms with E-state index in [1.165, 1.54) is 16.4 Å². The van der Waals surface area contributed by atoms with Gasteiger partial charge >= 0.3 is 0 Å². The number of nitrogens with zero attached hydrogens (tertiary/aromatic N) is 1. The zero-order valence-electron chi connectivity index (χ0n) is 10.6. The molecule has 0 amide bonds. The van der Waals surface area contributed by atoms with Gasteiger partial charge in [-0.3, -0.25) is 0 Å². The number of hydrogen-bond donors (Lipinski definition) is 1. The molecule has 0 aliphatic carbocycles. The van der Waals surface area contributed by atoms with Gasteiger partial charge in [0.1, 0.15) is 13.2 Å². The minimum Gasteiger partial charge on any atom is -0.486 e. The first-order chi connectivity index (χ1) is 8.88. The molecule has 1 fully saturated rings. The SMILES string of the molecule is CC1(N)CN(S(=O)(=O)c2ccc3c(c2)OCCO3)C1. The van der Waals surface area contributed by atoms with Crippen LogP contribution in [0.2, 0.25) is 0 Å². The predicted molar refractivity (Wildman–Crippen MR) is 68.8 cm³/mol. The van der Waals surface area contributed by atoms with E-state index in [9.17, 15) is 8.42 Å². The summed E-state index contributed by atoms with van der Waals surface area (Å²) in [5.41, 5.74) is 5.42. The Morgan fingerprint density at radius 2 is 1.84 bits per heavy atom. The standard InChI is InChI=1S/C12H16N2O4S/c1-12(13)7-14(8-12)19(15,16)9-2-3-10-11(6-9)18-5-4-17-10/h2-3,6H,4-5,7-8,13H2,1H3. The first kappa shape index (κ1) is 12.7. The number of benzene rings is 1. The van der Waals surface area contributed by atoms with Gasteiger partial charge in [-0.05, 0) is 19.1 Å². The lowest BCUT2D eigenvalue weighted by atomic mass is 9.97. The van der Waals surface area contributed by atoms with Gasteiger partial charge in [0, 0.05) is 24.7 Å². The highest BCUT2D eigenvalue weighted by Gasteiger charge is 2.42. The zero-order chi connectivity index (χ0) is 13.7. The van der Waals surface area contributed by atoms with Gasteiger partial charge in [0.15, 0.2) is 11.5 Å². The van der Waals surface area contributed by atoms with Crippen LogP contribution in [0.5, 0.6) is 11.5 Å². The van der Waals surface area contributed by atoms with Crippen LogP contribution in [0.1, 0.15) is 6.92 Å². The molecule has 3 rings (SSSR count). The molecule has 1 saturated heterocycles. The number of fused-ring (bicyclic) bond motifs is 1. The van der Waals surface area contributed by atoms with E-state index in [1.54, 1.807) is 6.07 Å². The van der Waals surface area contributed by atoms with Crippen molar-refractivity contribution >= 4 is 10.0 Å². The Morgan fingerprint density at radius 1 is 1.21 bits per heavy atom. The molecule has 6 nitrogen and oxygen atoms in total. The van der Waals surface area contributed by atoms with Gasteiger partial charge in [-0.1, -0.05) is 0 Å².